The second kappa shape index (κ2) is 6.15. The van der Waals surface area contributed by atoms with E-state index in [4.69, 9.17) is 14.2 Å². The van der Waals surface area contributed by atoms with Crippen molar-refractivity contribution in [1.29, 1.82) is 0 Å². The van der Waals surface area contributed by atoms with Gasteiger partial charge in [-0.05, 0) is 0 Å². The van der Waals surface area contributed by atoms with Crippen LogP contribution in [0, 0.1) is 0 Å². The summed E-state index contributed by atoms with van der Waals surface area (Å²) in [6.07, 6.45) is -0.678. The normalized spacial score (nSPS) is 26.0. The molecule has 1 saturated heterocycles. The number of ether oxygens (including phenoxy) is 3. The SMILES string of the molecule is FC1(F)CC(Oc2cc[c]([Sn][CH]3COCCO3)cc2)C1. The first-order chi connectivity index (χ1) is 9.61. The van der Waals surface area contributed by atoms with Gasteiger partial charge in [0.1, 0.15) is 0 Å². The molecule has 6 heteroatoms. The average Bonchev–Trinajstić information content (AvgIpc) is 2.40. The first kappa shape index (κ1) is 14.5. The van der Waals surface area contributed by atoms with E-state index in [-0.39, 0.29) is 23.1 Å². The van der Waals surface area contributed by atoms with Gasteiger partial charge in [0.2, 0.25) is 0 Å². The molecule has 1 atom stereocenters. The average molecular weight is 389 g/mol. The van der Waals surface area contributed by atoms with Crippen LogP contribution in [0.3, 0.4) is 0 Å². The van der Waals surface area contributed by atoms with Crippen molar-refractivity contribution in [1.82, 2.24) is 0 Å². The van der Waals surface area contributed by atoms with Gasteiger partial charge in [-0.2, -0.15) is 0 Å². The molecule has 3 rings (SSSR count). The summed E-state index contributed by atoms with van der Waals surface area (Å²) in [5.74, 6) is -1.85. The van der Waals surface area contributed by atoms with Gasteiger partial charge in [-0.1, -0.05) is 0 Å². The van der Waals surface area contributed by atoms with Crippen LogP contribution >= 0.6 is 0 Å². The number of halogens is 2. The summed E-state index contributed by atoms with van der Waals surface area (Å²) in [4.78, 5) is 0. The first-order valence-corrected chi connectivity index (χ1v) is 9.79. The van der Waals surface area contributed by atoms with E-state index in [1.807, 2.05) is 24.3 Å². The summed E-state index contributed by atoms with van der Waals surface area (Å²) in [5, 5.41) is 0. The second-order valence-electron chi connectivity index (χ2n) is 5.11. The third-order valence-corrected chi connectivity index (χ3v) is 7.13. The molecule has 1 saturated carbocycles. The molecule has 0 bridgehead atoms. The van der Waals surface area contributed by atoms with Crippen LogP contribution in [0.25, 0.3) is 0 Å². The fourth-order valence-electron chi connectivity index (χ4n) is 2.27. The monoisotopic (exact) mass is 390 g/mol. The Morgan fingerprint density at radius 3 is 2.50 bits per heavy atom. The number of alkyl halides is 2. The molecule has 1 aliphatic heterocycles. The van der Waals surface area contributed by atoms with Crippen molar-refractivity contribution in [3.05, 3.63) is 24.3 Å². The summed E-state index contributed by atoms with van der Waals surface area (Å²) in [5.41, 5.74) is 0. The van der Waals surface area contributed by atoms with E-state index in [0.717, 1.165) is 0 Å². The number of hydrogen-bond donors (Lipinski definition) is 0. The Morgan fingerprint density at radius 1 is 1.15 bits per heavy atom. The zero-order valence-electron chi connectivity index (χ0n) is 11.0. The molecular weight excluding hydrogens is 373 g/mol. The third kappa shape index (κ3) is 3.83. The van der Waals surface area contributed by atoms with E-state index < -0.39 is 27.1 Å². The first-order valence-electron chi connectivity index (χ1n) is 6.71. The third-order valence-electron chi connectivity index (χ3n) is 3.35. The zero-order valence-corrected chi connectivity index (χ0v) is 13.8. The van der Waals surface area contributed by atoms with Crippen LogP contribution in [-0.4, -0.2) is 57.1 Å². The molecule has 1 heterocycles. The van der Waals surface area contributed by atoms with Gasteiger partial charge < -0.3 is 0 Å². The van der Waals surface area contributed by atoms with Gasteiger partial charge in [0.25, 0.3) is 0 Å². The van der Waals surface area contributed by atoms with E-state index in [1.54, 1.807) is 0 Å². The quantitative estimate of drug-likeness (QED) is 0.733. The van der Waals surface area contributed by atoms with Crippen molar-refractivity contribution in [2.75, 3.05) is 19.8 Å². The van der Waals surface area contributed by atoms with Gasteiger partial charge in [0.15, 0.2) is 0 Å². The van der Waals surface area contributed by atoms with E-state index in [2.05, 4.69) is 0 Å². The molecule has 0 aromatic heterocycles. The van der Waals surface area contributed by atoms with Gasteiger partial charge in [0.05, 0.1) is 0 Å². The molecular formula is C14H16F2O3Sn. The van der Waals surface area contributed by atoms with Crippen LogP contribution in [0.4, 0.5) is 8.78 Å². The van der Waals surface area contributed by atoms with Crippen molar-refractivity contribution in [2.45, 2.75) is 29.0 Å². The summed E-state index contributed by atoms with van der Waals surface area (Å²) < 4.78 is 43.6. The molecule has 0 N–H and O–H groups in total. The van der Waals surface area contributed by atoms with E-state index in [9.17, 15) is 8.78 Å². The Bertz CT molecular complexity index is 438. The number of hydrogen-bond acceptors (Lipinski definition) is 3. The van der Waals surface area contributed by atoms with Gasteiger partial charge in [-0.25, -0.2) is 0 Å². The molecule has 1 aliphatic carbocycles. The van der Waals surface area contributed by atoms with Gasteiger partial charge in [0, 0.05) is 0 Å². The number of benzene rings is 1. The Kier molecular flexibility index (Phi) is 4.47. The van der Waals surface area contributed by atoms with Gasteiger partial charge >= 0.3 is 127 Å². The molecule has 3 nitrogen and oxygen atoms in total. The maximum absolute atomic E-state index is 12.7. The summed E-state index contributed by atoms with van der Waals surface area (Å²) in [6, 6.07) is 7.79. The number of rotatable bonds is 4. The Labute approximate surface area is 126 Å². The topological polar surface area (TPSA) is 27.7 Å². The minimum absolute atomic E-state index is 0.168. The summed E-state index contributed by atoms with van der Waals surface area (Å²) in [6.45, 7) is 2.07. The van der Waals surface area contributed by atoms with Crippen molar-refractivity contribution >= 4 is 24.7 Å². The van der Waals surface area contributed by atoms with Crippen LogP contribution in [0.1, 0.15) is 12.8 Å². The van der Waals surface area contributed by atoms with Gasteiger partial charge in [-0.15, -0.1) is 0 Å². The zero-order chi connectivity index (χ0) is 14.0. The van der Waals surface area contributed by atoms with E-state index in [1.165, 1.54) is 3.58 Å². The fraction of sp³-hybridized carbons (Fsp3) is 0.571. The molecule has 0 amide bonds. The molecule has 2 radical (unpaired) electrons. The maximum atomic E-state index is 12.7. The van der Waals surface area contributed by atoms with E-state index in [0.29, 0.717) is 25.6 Å². The van der Waals surface area contributed by atoms with Crippen molar-refractivity contribution < 1.29 is 23.0 Å². The van der Waals surface area contributed by atoms with Crippen LogP contribution in [0.2, 0.25) is 0 Å². The Hall–Kier alpha value is -0.401. The van der Waals surface area contributed by atoms with Crippen LogP contribution in [-0.2, 0) is 9.47 Å². The molecule has 108 valence electrons. The van der Waals surface area contributed by atoms with Crippen LogP contribution in [0.15, 0.2) is 24.3 Å². The molecule has 1 aromatic carbocycles. The standard InChI is InChI=1S/C10H9F2O.C4H7O2.Sn/c11-10(12)6-9(7-10)13-8-4-2-1-3-5-8;1-2-6-4-3-5-1;/h2-5,9H,6-7H2;1H,2-4H2;. The van der Waals surface area contributed by atoms with Crippen LogP contribution < -0.4 is 8.32 Å². The molecule has 2 aliphatic rings. The van der Waals surface area contributed by atoms with Gasteiger partial charge in [-0.3, -0.25) is 0 Å². The molecule has 1 unspecified atom stereocenters. The predicted octanol–water partition coefficient (Wildman–Crippen LogP) is 1.57. The summed E-state index contributed by atoms with van der Waals surface area (Å²) in [7, 11) is 0. The molecule has 20 heavy (non-hydrogen) atoms. The van der Waals surface area contributed by atoms with Crippen molar-refractivity contribution in [2.24, 2.45) is 0 Å². The predicted molar refractivity (Wildman–Crippen MR) is 71.0 cm³/mol. The van der Waals surface area contributed by atoms with E-state index >= 15 is 0 Å². The van der Waals surface area contributed by atoms with Crippen molar-refractivity contribution in [3.63, 3.8) is 0 Å². The summed E-state index contributed by atoms with van der Waals surface area (Å²) >= 11 is -0.829. The molecule has 0 spiro atoms. The second-order valence-corrected chi connectivity index (χ2v) is 9.42. The molecule has 2 fully saturated rings. The van der Waals surface area contributed by atoms with Crippen LogP contribution in [0.5, 0.6) is 5.75 Å². The Morgan fingerprint density at radius 2 is 1.90 bits per heavy atom. The minimum atomic E-state index is -2.53. The fourth-order valence-corrected chi connectivity index (χ4v) is 5.50. The van der Waals surface area contributed by atoms with Crippen molar-refractivity contribution in [3.8, 4) is 5.75 Å². The Balaban J connectivity index is 1.49. The molecule has 1 aromatic rings.